The SMILES string of the molecule is COc1cccc2[nH]c(C[C@H]3CN(Cc4ccc(C(F)(F)F)cc4)CC[C@H]3CC(=O)O)nc12.Cl. The lowest BCUT2D eigenvalue weighted by atomic mass is 9.81. The number of hydrogen-bond acceptors (Lipinski definition) is 4. The molecule has 0 saturated carbocycles. The number of nitrogens with one attached hydrogen (secondary N) is 1. The van der Waals surface area contributed by atoms with Gasteiger partial charge in [0.1, 0.15) is 17.1 Å². The molecule has 1 aliphatic heterocycles. The quantitative estimate of drug-likeness (QED) is 0.471. The number of methoxy groups -OCH3 is 1. The van der Waals surface area contributed by atoms with Gasteiger partial charge in [0, 0.05) is 25.9 Å². The molecule has 0 unspecified atom stereocenters. The third-order valence-corrected chi connectivity index (χ3v) is 6.30. The molecule has 10 heteroatoms. The van der Waals surface area contributed by atoms with Gasteiger partial charge < -0.3 is 14.8 Å². The molecule has 184 valence electrons. The highest BCUT2D eigenvalue weighted by molar-refractivity contribution is 5.85. The number of alkyl halides is 3. The monoisotopic (exact) mass is 497 g/mol. The van der Waals surface area contributed by atoms with Crippen LogP contribution in [0.5, 0.6) is 5.75 Å². The van der Waals surface area contributed by atoms with Gasteiger partial charge in [-0.3, -0.25) is 9.69 Å². The average molecular weight is 498 g/mol. The third-order valence-electron chi connectivity index (χ3n) is 6.30. The van der Waals surface area contributed by atoms with Gasteiger partial charge in [0.05, 0.1) is 18.2 Å². The van der Waals surface area contributed by atoms with E-state index in [0.29, 0.717) is 38.2 Å². The number of carbonyl (C=O) groups is 1. The fourth-order valence-electron chi connectivity index (χ4n) is 4.65. The van der Waals surface area contributed by atoms with Gasteiger partial charge in [-0.15, -0.1) is 12.4 Å². The van der Waals surface area contributed by atoms with E-state index in [9.17, 15) is 23.1 Å². The number of carboxylic acids is 1. The van der Waals surface area contributed by atoms with Crippen molar-refractivity contribution in [3.8, 4) is 5.75 Å². The number of likely N-dealkylation sites (tertiary alicyclic amines) is 1. The summed E-state index contributed by atoms with van der Waals surface area (Å²) >= 11 is 0. The fourth-order valence-corrected chi connectivity index (χ4v) is 4.65. The zero-order chi connectivity index (χ0) is 23.6. The Morgan fingerprint density at radius 1 is 1.21 bits per heavy atom. The Balaban J connectivity index is 0.00000324. The van der Waals surface area contributed by atoms with Gasteiger partial charge in [0.15, 0.2) is 0 Å². The predicted molar refractivity (Wildman–Crippen MR) is 124 cm³/mol. The van der Waals surface area contributed by atoms with Crippen LogP contribution in [-0.2, 0) is 23.9 Å². The Labute approximate surface area is 201 Å². The number of halogens is 4. The molecule has 2 aromatic carbocycles. The second-order valence-electron chi connectivity index (χ2n) is 8.58. The van der Waals surface area contributed by atoms with E-state index in [-0.39, 0.29) is 30.7 Å². The summed E-state index contributed by atoms with van der Waals surface area (Å²) in [5.41, 5.74) is 1.73. The minimum Gasteiger partial charge on any atom is -0.494 e. The normalized spacial score (nSPS) is 19.1. The van der Waals surface area contributed by atoms with E-state index in [1.54, 1.807) is 7.11 Å². The van der Waals surface area contributed by atoms with E-state index in [2.05, 4.69) is 14.9 Å². The topological polar surface area (TPSA) is 78.5 Å². The highest BCUT2D eigenvalue weighted by Gasteiger charge is 2.32. The van der Waals surface area contributed by atoms with Crippen LogP contribution in [0.1, 0.15) is 29.8 Å². The van der Waals surface area contributed by atoms with Crippen LogP contribution in [0.3, 0.4) is 0 Å². The van der Waals surface area contributed by atoms with Crippen LogP contribution in [0.4, 0.5) is 13.2 Å². The summed E-state index contributed by atoms with van der Waals surface area (Å²) in [7, 11) is 1.59. The molecule has 0 radical (unpaired) electrons. The summed E-state index contributed by atoms with van der Waals surface area (Å²) in [4.78, 5) is 21.6. The maximum Gasteiger partial charge on any atom is 0.416 e. The number of rotatable bonds is 7. The maximum atomic E-state index is 12.8. The van der Waals surface area contributed by atoms with E-state index in [1.807, 2.05) is 18.2 Å². The number of para-hydroxylation sites is 1. The van der Waals surface area contributed by atoms with E-state index in [1.165, 1.54) is 12.1 Å². The number of fused-ring (bicyclic) bond motifs is 1. The smallest absolute Gasteiger partial charge is 0.416 e. The molecule has 34 heavy (non-hydrogen) atoms. The summed E-state index contributed by atoms with van der Waals surface area (Å²) in [6.45, 7) is 1.86. The van der Waals surface area contributed by atoms with Crippen molar-refractivity contribution in [3.63, 3.8) is 0 Å². The molecule has 0 amide bonds. The largest absolute Gasteiger partial charge is 0.494 e. The molecule has 2 heterocycles. The highest BCUT2D eigenvalue weighted by Crippen LogP contribution is 2.32. The summed E-state index contributed by atoms with van der Waals surface area (Å²) in [5.74, 6) is 0.667. The number of imidazole rings is 1. The first-order valence-corrected chi connectivity index (χ1v) is 10.8. The van der Waals surface area contributed by atoms with Crippen LogP contribution in [0, 0.1) is 11.8 Å². The zero-order valence-corrected chi connectivity index (χ0v) is 19.5. The van der Waals surface area contributed by atoms with Gasteiger partial charge in [0.2, 0.25) is 0 Å². The van der Waals surface area contributed by atoms with Crippen LogP contribution in [0.15, 0.2) is 42.5 Å². The molecule has 0 bridgehead atoms. The van der Waals surface area contributed by atoms with Crippen molar-refractivity contribution in [2.75, 3.05) is 20.2 Å². The molecule has 3 aromatic rings. The Bertz CT molecular complexity index is 1120. The number of aromatic nitrogens is 2. The van der Waals surface area contributed by atoms with Gasteiger partial charge in [-0.25, -0.2) is 4.98 Å². The van der Waals surface area contributed by atoms with Crippen LogP contribution in [0.25, 0.3) is 11.0 Å². The standard InChI is InChI=1S/C24H26F3N3O3.ClH/c1-33-20-4-2-3-19-23(20)29-21(28-19)11-17-14-30(10-9-16(17)12-22(31)32)13-15-5-7-18(8-6-15)24(25,26)27;/h2-8,16-17H,9-14H2,1H3,(H,28,29)(H,31,32);1H/t16-,17-;/m0./s1. The van der Waals surface area contributed by atoms with Crippen LogP contribution < -0.4 is 4.74 Å². The van der Waals surface area contributed by atoms with Crippen molar-refractivity contribution < 1.29 is 27.8 Å². The molecule has 2 N–H and O–H groups in total. The molecule has 2 atom stereocenters. The van der Waals surface area contributed by atoms with Gasteiger partial charge in [-0.05, 0) is 54.6 Å². The fraction of sp³-hybridized carbons (Fsp3) is 0.417. The van der Waals surface area contributed by atoms with Gasteiger partial charge in [0.25, 0.3) is 0 Å². The lowest BCUT2D eigenvalue weighted by Crippen LogP contribution is -2.41. The van der Waals surface area contributed by atoms with Crippen molar-refractivity contribution in [2.24, 2.45) is 11.8 Å². The molecule has 0 aliphatic carbocycles. The first kappa shape index (κ1) is 25.8. The third kappa shape index (κ3) is 6.01. The first-order valence-electron chi connectivity index (χ1n) is 10.8. The number of carboxylic acid groups (broad SMARTS) is 1. The number of ether oxygens (including phenoxy) is 1. The minimum atomic E-state index is -4.35. The number of hydrogen-bond donors (Lipinski definition) is 2. The second kappa shape index (κ2) is 10.7. The number of aromatic amines is 1. The molecule has 1 aromatic heterocycles. The Morgan fingerprint density at radius 2 is 1.94 bits per heavy atom. The maximum absolute atomic E-state index is 12.8. The molecule has 1 saturated heterocycles. The minimum absolute atomic E-state index is 0. The number of H-pyrrole nitrogens is 1. The van der Waals surface area contributed by atoms with Crippen LogP contribution >= 0.6 is 12.4 Å². The lowest BCUT2D eigenvalue weighted by molar-refractivity contribution is -0.139. The summed E-state index contributed by atoms with van der Waals surface area (Å²) in [6.07, 6.45) is -2.98. The summed E-state index contributed by atoms with van der Waals surface area (Å²) in [6, 6.07) is 10.9. The van der Waals surface area contributed by atoms with Gasteiger partial charge in [-0.2, -0.15) is 13.2 Å². The first-order chi connectivity index (χ1) is 15.7. The lowest BCUT2D eigenvalue weighted by Gasteiger charge is -2.38. The molecule has 1 aliphatic rings. The Hall–Kier alpha value is -2.78. The van der Waals surface area contributed by atoms with Crippen molar-refractivity contribution in [2.45, 2.75) is 32.0 Å². The summed E-state index contributed by atoms with van der Waals surface area (Å²) in [5, 5.41) is 9.38. The molecular formula is C24H27ClF3N3O3. The van der Waals surface area contributed by atoms with E-state index < -0.39 is 17.7 Å². The highest BCUT2D eigenvalue weighted by atomic mass is 35.5. The molecular weight excluding hydrogens is 471 g/mol. The number of nitrogens with zero attached hydrogens (tertiary/aromatic N) is 2. The van der Waals surface area contributed by atoms with Crippen molar-refractivity contribution >= 4 is 29.4 Å². The Kier molecular flexibility index (Phi) is 8.09. The van der Waals surface area contributed by atoms with E-state index >= 15 is 0 Å². The predicted octanol–water partition coefficient (Wildman–Crippen LogP) is 5.17. The summed E-state index contributed by atoms with van der Waals surface area (Å²) < 4.78 is 43.9. The van der Waals surface area contributed by atoms with Gasteiger partial charge in [-0.1, -0.05) is 18.2 Å². The molecule has 0 spiro atoms. The number of benzene rings is 2. The van der Waals surface area contributed by atoms with Crippen molar-refractivity contribution in [1.29, 1.82) is 0 Å². The van der Waals surface area contributed by atoms with Crippen molar-refractivity contribution in [3.05, 3.63) is 59.4 Å². The average Bonchev–Trinajstić information content (AvgIpc) is 3.17. The van der Waals surface area contributed by atoms with Crippen molar-refractivity contribution in [1.82, 2.24) is 14.9 Å². The van der Waals surface area contributed by atoms with Crippen LogP contribution in [0.2, 0.25) is 0 Å². The number of aliphatic carboxylic acids is 1. The molecule has 6 nitrogen and oxygen atoms in total. The molecule has 1 fully saturated rings. The molecule has 4 rings (SSSR count). The zero-order valence-electron chi connectivity index (χ0n) is 18.6. The Morgan fingerprint density at radius 3 is 2.59 bits per heavy atom. The van der Waals surface area contributed by atoms with Gasteiger partial charge >= 0.3 is 12.1 Å². The van der Waals surface area contributed by atoms with E-state index in [0.717, 1.165) is 34.6 Å². The van der Waals surface area contributed by atoms with E-state index in [4.69, 9.17) is 4.74 Å². The second-order valence-corrected chi connectivity index (χ2v) is 8.58. The van der Waals surface area contributed by atoms with Crippen LogP contribution in [-0.4, -0.2) is 46.1 Å². The number of piperidine rings is 1.